The normalized spacial score (nSPS) is 11.5. The van der Waals surface area contributed by atoms with Gasteiger partial charge >= 0.3 is 0 Å². The highest BCUT2D eigenvalue weighted by atomic mass is 32.2. The first-order chi connectivity index (χ1) is 13.9. The minimum absolute atomic E-state index is 0.752. The summed E-state index contributed by atoms with van der Waals surface area (Å²) in [5, 5.41) is 11.1. The van der Waals surface area contributed by atoms with Gasteiger partial charge in [0.1, 0.15) is 5.76 Å². The van der Waals surface area contributed by atoms with Crippen molar-refractivity contribution in [3.8, 4) is 0 Å². The van der Waals surface area contributed by atoms with Crippen LogP contribution >= 0.6 is 11.8 Å². The van der Waals surface area contributed by atoms with Crippen molar-refractivity contribution >= 4 is 17.7 Å². The molecule has 0 saturated carbocycles. The van der Waals surface area contributed by atoms with Gasteiger partial charge in [-0.05, 0) is 36.8 Å². The molecule has 2 aromatic heterocycles. The van der Waals surface area contributed by atoms with Crippen LogP contribution in [0.3, 0.4) is 0 Å². The van der Waals surface area contributed by atoms with Crippen molar-refractivity contribution in [1.29, 1.82) is 0 Å². The van der Waals surface area contributed by atoms with E-state index in [0.717, 1.165) is 56.5 Å². The monoisotopic (exact) mass is 397 g/mol. The molecule has 0 aliphatic rings. The smallest absolute Gasteiger partial charge is 0.191 e. The number of aliphatic imine (C=N–C) groups is 1. The molecule has 2 N–H and O–H groups in total. The van der Waals surface area contributed by atoms with Crippen LogP contribution < -0.4 is 10.6 Å². The highest BCUT2D eigenvalue weighted by molar-refractivity contribution is 7.99. The fourth-order valence-electron chi connectivity index (χ4n) is 2.64. The van der Waals surface area contributed by atoms with E-state index in [0.29, 0.717) is 0 Å². The van der Waals surface area contributed by atoms with Gasteiger partial charge in [-0.2, -0.15) is 5.10 Å². The van der Waals surface area contributed by atoms with E-state index in [2.05, 4.69) is 40.0 Å². The van der Waals surface area contributed by atoms with E-state index in [4.69, 9.17) is 9.41 Å². The van der Waals surface area contributed by atoms with E-state index >= 15 is 0 Å². The average Bonchev–Trinajstić information content (AvgIpc) is 3.43. The van der Waals surface area contributed by atoms with E-state index in [1.165, 1.54) is 4.90 Å². The molecule has 0 amide bonds. The molecular weight excluding hydrogens is 370 g/mol. The number of hydrogen-bond acceptors (Lipinski definition) is 4. The van der Waals surface area contributed by atoms with Gasteiger partial charge < -0.3 is 15.1 Å². The molecule has 148 valence electrons. The maximum atomic E-state index is 5.39. The molecule has 3 aromatic rings. The number of hydrogen-bond donors (Lipinski definition) is 2. The minimum atomic E-state index is 0.752. The number of benzene rings is 1. The van der Waals surface area contributed by atoms with Gasteiger partial charge in [0, 0.05) is 55.6 Å². The van der Waals surface area contributed by atoms with Crippen LogP contribution in [-0.2, 0) is 13.0 Å². The zero-order chi connectivity index (χ0) is 19.3. The lowest BCUT2D eigenvalue weighted by atomic mass is 10.3. The fraction of sp³-hybridized carbons (Fsp3) is 0.333. The van der Waals surface area contributed by atoms with Crippen molar-refractivity contribution in [2.24, 2.45) is 4.99 Å². The van der Waals surface area contributed by atoms with E-state index in [1.807, 2.05) is 46.9 Å². The van der Waals surface area contributed by atoms with Crippen molar-refractivity contribution in [3.63, 3.8) is 0 Å². The van der Waals surface area contributed by atoms with Crippen LogP contribution in [0.25, 0.3) is 0 Å². The summed E-state index contributed by atoms with van der Waals surface area (Å²) < 4.78 is 7.32. The predicted octanol–water partition coefficient (Wildman–Crippen LogP) is 3.44. The summed E-state index contributed by atoms with van der Waals surface area (Å²) in [5.41, 5.74) is 0. The van der Waals surface area contributed by atoms with Crippen LogP contribution in [0.2, 0.25) is 0 Å². The van der Waals surface area contributed by atoms with Crippen molar-refractivity contribution in [2.75, 3.05) is 25.4 Å². The molecule has 0 spiro atoms. The number of furan rings is 1. The number of guanidine groups is 1. The quantitative estimate of drug-likeness (QED) is 0.225. The van der Waals surface area contributed by atoms with Crippen LogP contribution in [0.4, 0.5) is 0 Å². The van der Waals surface area contributed by atoms with Gasteiger partial charge in [0.25, 0.3) is 0 Å². The van der Waals surface area contributed by atoms with E-state index < -0.39 is 0 Å². The average molecular weight is 398 g/mol. The Balaban J connectivity index is 1.41. The number of rotatable bonds is 11. The van der Waals surface area contributed by atoms with Crippen LogP contribution in [0, 0.1) is 0 Å². The van der Waals surface area contributed by atoms with Gasteiger partial charge in [0.05, 0.1) is 6.26 Å². The molecule has 0 aliphatic heterocycles. The van der Waals surface area contributed by atoms with Crippen molar-refractivity contribution in [2.45, 2.75) is 24.3 Å². The molecule has 1 aromatic carbocycles. The van der Waals surface area contributed by atoms with Gasteiger partial charge in [-0.1, -0.05) is 18.2 Å². The zero-order valence-electron chi connectivity index (χ0n) is 16.0. The molecule has 0 unspecified atom stereocenters. The van der Waals surface area contributed by atoms with Gasteiger partial charge in [-0.25, -0.2) is 0 Å². The Kier molecular flexibility index (Phi) is 8.55. The van der Waals surface area contributed by atoms with Gasteiger partial charge in [-0.15, -0.1) is 11.8 Å². The molecule has 0 saturated heterocycles. The van der Waals surface area contributed by atoms with Gasteiger partial charge in [-0.3, -0.25) is 9.67 Å². The standard InChI is InChI=1S/C21H27N5OS/c1-2-8-20(9-3-1)28-18-14-24-21(23-13-10-19-7-4-17-27-19)22-11-5-15-26-16-6-12-25-26/h1-4,6-9,12,16-17H,5,10-11,13-15,18H2,(H2,22,23,24). The number of nitrogens with zero attached hydrogens (tertiary/aromatic N) is 3. The Bertz CT molecular complexity index is 788. The molecule has 2 heterocycles. The van der Waals surface area contributed by atoms with Crippen LogP contribution in [0.1, 0.15) is 12.2 Å². The summed E-state index contributed by atoms with van der Waals surface area (Å²) in [6, 6.07) is 16.3. The number of aryl methyl sites for hydroxylation is 1. The molecule has 0 fully saturated rings. The first-order valence-electron chi connectivity index (χ1n) is 9.60. The third kappa shape index (κ3) is 7.52. The molecule has 0 bridgehead atoms. The Labute approximate surface area is 170 Å². The fourth-order valence-corrected chi connectivity index (χ4v) is 3.43. The van der Waals surface area contributed by atoms with Crippen LogP contribution in [-0.4, -0.2) is 41.1 Å². The topological polar surface area (TPSA) is 67.4 Å². The summed E-state index contributed by atoms with van der Waals surface area (Å²) >= 11 is 1.84. The second-order valence-corrected chi connectivity index (χ2v) is 7.37. The number of nitrogens with one attached hydrogen (secondary N) is 2. The highest BCUT2D eigenvalue weighted by Gasteiger charge is 2.01. The maximum Gasteiger partial charge on any atom is 0.191 e. The molecule has 3 rings (SSSR count). The first kappa shape index (κ1) is 20.1. The van der Waals surface area contributed by atoms with Crippen LogP contribution in [0.15, 0.2) is 81.5 Å². The molecule has 0 atom stereocenters. The van der Waals surface area contributed by atoms with Crippen molar-refractivity contribution < 1.29 is 4.42 Å². The second kappa shape index (κ2) is 11.9. The van der Waals surface area contributed by atoms with E-state index in [-0.39, 0.29) is 0 Å². The maximum absolute atomic E-state index is 5.39. The van der Waals surface area contributed by atoms with Crippen LogP contribution in [0.5, 0.6) is 0 Å². The number of aromatic nitrogens is 2. The Morgan fingerprint density at radius 3 is 2.75 bits per heavy atom. The second-order valence-electron chi connectivity index (χ2n) is 6.20. The third-order valence-electron chi connectivity index (χ3n) is 4.02. The SMILES string of the molecule is c1ccc(SCCNC(=NCCCn2cccn2)NCCc2ccco2)cc1. The predicted molar refractivity (Wildman–Crippen MR) is 115 cm³/mol. The summed E-state index contributed by atoms with van der Waals surface area (Å²) in [4.78, 5) is 5.98. The highest BCUT2D eigenvalue weighted by Crippen LogP contribution is 2.15. The van der Waals surface area contributed by atoms with Crippen molar-refractivity contribution in [3.05, 3.63) is 72.9 Å². The zero-order valence-corrected chi connectivity index (χ0v) is 16.8. The largest absolute Gasteiger partial charge is 0.469 e. The summed E-state index contributed by atoms with van der Waals surface area (Å²) in [7, 11) is 0. The lowest BCUT2D eigenvalue weighted by Crippen LogP contribution is -2.39. The summed E-state index contributed by atoms with van der Waals surface area (Å²) in [6.45, 7) is 3.26. The van der Waals surface area contributed by atoms with Gasteiger partial charge in [0.15, 0.2) is 5.96 Å². The molecular formula is C21H27N5OS. The molecule has 0 aliphatic carbocycles. The molecule has 6 nitrogen and oxygen atoms in total. The minimum Gasteiger partial charge on any atom is -0.469 e. The Hall–Kier alpha value is -2.67. The first-order valence-corrected chi connectivity index (χ1v) is 10.6. The third-order valence-corrected chi connectivity index (χ3v) is 5.04. The lowest BCUT2D eigenvalue weighted by molar-refractivity contribution is 0.506. The van der Waals surface area contributed by atoms with E-state index in [1.54, 1.807) is 12.5 Å². The van der Waals surface area contributed by atoms with E-state index in [9.17, 15) is 0 Å². The number of thioether (sulfide) groups is 1. The summed E-state index contributed by atoms with van der Waals surface area (Å²) in [6.07, 6.45) is 7.27. The Morgan fingerprint density at radius 2 is 1.96 bits per heavy atom. The molecule has 7 heteroatoms. The Morgan fingerprint density at radius 1 is 1.07 bits per heavy atom. The molecule has 0 radical (unpaired) electrons. The van der Waals surface area contributed by atoms with Crippen molar-refractivity contribution in [1.82, 2.24) is 20.4 Å². The van der Waals surface area contributed by atoms with Gasteiger partial charge in [0.2, 0.25) is 0 Å². The lowest BCUT2D eigenvalue weighted by Gasteiger charge is -2.12. The summed E-state index contributed by atoms with van der Waals surface area (Å²) in [5.74, 6) is 2.81. The molecule has 28 heavy (non-hydrogen) atoms.